The van der Waals surface area contributed by atoms with Gasteiger partial charge in [-0.05, 0) is 13.3 Å². The first-order valence-electron chi connectivity index (χ1n) is 12.1. The summed E-state index contributed by atoms with van der Waals surface area (Å²) in [5.41, 5.74) is -0.426. The number of carbonyl (C=O) groups is 5. The minimum atomic E-state index is -1.47. The lowest BCUT2D eigenvalue weighted by Crippen LogP contribution is -2.46. The largest absolute Gasteiger partial charge is 0.503 e. The molecule has 0 aliphatic carbocycles. The first-order chi connectivity index (χ1) is 17.9. The van der Waals surface area contributed by atoms with Crippen molar-refractivity contribution in [1.82, 2.24) is 10.3 Å². The summed E-state index contributed by atoms with van der Waals surface area (Å²) in [5.74, 6) is -6.53. The summed E-state index contributed by atoms with van der Waals surface area (Å²) in [6.07, 6.45) is -1.24. The van der Waals surface area contributed by atoms with Crippen LogP contribution in [-0.2, 0) is 38.1 Å². The number of nitrogens with one attached hydrogen (secondary N) is 1. The monoisotopic (exact) mass is 538 g/mol. The summed E-state index contributed by atoms with van der Waals surface area (Å²) >= 11 is 0. The Morgan fingerprint density at radius 2 is 1.79 bits per heavy atom. The number of aromatic hydroxyl groups is 1. The topological polar surface area (TPSA) is 177 Å². The molecule has 1 fully saturated rings. The fourth-order valence-electron chi connectivity index (χ4n) is 3.41. The molecule has 0 radical (unpaired) electrons. The normalized spacial score (nSPS) is 21.9. The van der Waals surface area contributed by atoms with E-state index in [0.717, 1.165) is 0 Å². The first kappa shape index (κ1) is 30.3. The van der Waals surface area contributed by atoms with Crippen LogP contribution in [-0.4, -0.2) is 78.4 Å². The number of cyclic esters (lactones) is 2. The molecule has 0 saturated carbocycles. The van der Waals surface area contributed by atoms with Crippen LogP contribution in [0, 0.1) is 17.8 Å². The van der Waals surface area contributed by atoms with Gasteiger partial charge >= 0.3 is 23.9 Å². The molecular formula is C25H34N2O11. The standard InChI is InChI=1S/C25H34N2O11/c1-12(2)22(30)35-10-8-15-20(38-23(31)13(3)4)14(5)37-25(33)16(11-36-24(15)32)27-21(29)18-19(28)17(34-6)7-9-26-18/h7,9,12-16,20,28H,8,10-11H2,1-6H3,(H,27,29)/t14-,15+,16-,20-/m0/s1. The van der Waals surface area contributed by atoms with E-state index in [1.807, 2.05) is 0 Å². The highest BCUT2D eigenvalue weighted by Crippen LogP contribution is 2.28. The Labute approximate surface area is 220 Å². The van der Waals surface area contributed by atoms with Gasteiger partial charge in [-0.1, -0.05) is 27.7 Å². The third kappa shape index (κ3) is 7.80. The predicted octanol–water partition coefficient (Wildman–Crippen LogP) is 1.16. The summed E-state index contributed by atoms with van der Waals surface area (Å²) < 4.78 is 26.4. The van der Waals surface area contributed by atoms with E-state index in [9.17, 15) is 29.1 Å². The quantitative estimate of drug-likeness (QED) is 0.339. The van der Waals surface area contributed by atoms with Gasteiger partial charge < -0.3 is 34.1 Å². The van der Waals surface area contributed by atoms with Gasteiger partial charge in [0.1, 0.15) is 18.6 Å². The van der Waals surface area contributed by atoms with Crippen molar-refractivity contribution in [1.29, 1.82) is 0 Å². The van der Waals surface area contributed by atoms with E-state index in [0.29, 0.717) is 0 Å². The summed E-state index contributed by atoms with van der Waals surface area (Å²) in [7, 11) is 1.29. The van der Waals surface area contributed by atoms with Crippen molar-refractivity contribution in [3.05, 3.63) is 18.0 Å². The summed E-state index contributed by atoms with van der Waals surface area (Å²) in [4.78, 5) is 66.8. The molecule has 2 N–H and O–H groups in total. The third-order valence-corrected chi connectivity index (χ3v) is 5.64. The Morgan fingerprint density at radius 1 is 1.13 bits per heavy atom. The van der Waals surface area contributed by atoms with E-state index in [1.165, 1.54) is 26.3 Å². The molecule has 38 heavy (non-hydrogen) atoms. The number of esters is 4. The number of rotatable bonds is 9. The van der Waals surface area contributed by atoms with Crippen LogP contribution < -0.4 is 10.1 Å². The average Bonchev–Trinajstić information content (AvgIpc) is 2.89. The van der Waals surface area contributed by atoms with Crippen molar-refractivity contribution < 1.29 is 52.8 Å². The van der Waals surface area contributed by atoms with Crippen molar-refractivity contribution in [2.24, 2.45) is 17.8 Å². The molecule has 1 amide bonds. The van der Waals surface area contributed by atoms with Crippen LogP contribution in [0.15, 0.2) is 12.3 Å². The number of hydrogen-bond acceptors (Lipinski definition) is 12. The van der Waals surface area contributed by atoms with Crippen molar-refractivity contribution in [2.45, 2.75) is 59.3 Å². The second kappa shape index (κ2) is 13.6. The summed E-state index contributed by atoms with van der Waals surface area (Å²) in [6, 6.07) is -0.138. The number of ether oxygens (including phenoxy) is 5. The lowest BCUT2D eigenvalue weighted by atomic mass is 9.94. The molecule has 13 nitrogen and oxygen atoms in total. The molecular weight excluding hydrogens is 504 g/mol. The van der Waals surface area contributed by atoms with Gasteiger partial charge in [0.2, 0.25) is 0 Å². The minimum Gasteiger partial charge on any atom is -0.503 e. The second-order valence-corrected chi connectivity index (χ2v) is 9.28. The van der Waals surface area contributed by atoms with E-state index in [4.69, 9.17) is 23.7 Å². The van der Waals surface area contributed by atoms with E-state index in [-0.39, 0.29) is 24.7 Å². The predicted molar refractivity (Wildman–Crippen MR) is 129 cm³/mol. The third-order valence-electron chi connectivity index (χ3n) is 5.64. The first-order valence-corrected chi connectivity index (χ1v) is 12.1. The van der Waals surface area contributed by atoms with Crippen molar-refractivity contribution in [3.8, 4) is 11.5 Å². The Balaban J connectivity index is 2.28. The van der Waals surface area contributed by atoms with Gasteiger partial charge in [0, 0.05) is 12.3 Å². The van der Waals surface area contributed by atoms with Gasteiger partial charge in [-0.2, -0.15) is 0 Å². The summed E-state index contributed by atoms with van der Waals surface area (Å²) in [5, 5.41) is 12.5. The van der Waals surface area contributed by atoms with Crippen LogP contribution in [0.2, 0.25) is 0 Å². The molecule has 210 valence electrons. The molecule has 0 bridgehead atoms. The van der Waals surface area contributed by atoms with Gasteiger partial charge in [-0.3, -0.25) is 19.2 Å². The maximum Gasteiger partial charge on any atom is 0.332 e. The van der Waals surface area contributed by atoms with Gasteiger partial charge in [-0.15, -0.1) is 0 Å². The van der Waals surface area contributed by atoms with E-state index in [1.54, 1.807) is 27.7 Å². The highest BCUT2D eigenvalue weighted by atomic mass is 16.6. The van der Waals surface area contributed by atoms with Gasteiger partial charge in [0.25, 0.3) is 5.91 Å². The Morgan fingerprint density at radius 3 is 2.39 bits per heavy atom. The highest BCUT2D eigenvalue weighted by Gasteiger charge is 2.42. The van der Waals surface area contributed by atoms with Gasteiger partial charge in [-0.25, -0.2) is 9.78 Å². The minimum absolute atomic E-state index is 0.0157. The second-order valence-electron chi connectivity index (χ2n) is 9.28. The number of carbonyl (C=O) groups excluding carboxylic acids is 5. The molecule has 1 aliphatic rings. The van der Waals surface area contributed by atoms with Crippen LogP contribution in [0.4, 0.5) is 0 Å². The van der Waals surface area contributed by atoms with E-state index >= 15 is 0 Å². The Bertz CT molecular complexity index is 1040. The molecule has 0 spiro atoms. The molecule has 0 aromatic carbocycles. The molecule has 1 aromatic rings. The number of pyridine rings is 1. The van der Waals surface area contributed by atoms with Crippen LogP contribution in [0.25, 0.3) is 0 Å². The van der Waals surface area contributed by atoms with Gasteiger partial charge in [0.05, 0.1) is 25.6 Å². The summed E-state index contributed by atoms with van der Waals surface area (Å²) in [6.45, 7) is 7.14. The van der Waals surface area contributed by atoms with Crippen LogP contribution >= 0.6 is 0 Å². The van der Waals surface area contributed by atoms with Crippen molar-refractivity contribution in [2.75, 3.05) is 20.3 Å². The molecule has 1 saturated heterocycles. The van der Waals surface area contributed by atoms with E-state index in [2.05, 4.69) is 10.3 Å². The maximum atomic E-state index is 13.1. The number of methoxy groups -OCH3 is 1. The number of hydrogen-bond donors (Lipinski definition) is 2. The maximum absolute atomic E-state index is 13.1. The van der Waals surface area contributed by atoms with Crippen LogP contribution in [0.1, 0.15) is 51.5 Å². The molecule has 1 aromatic heterocycles. The smallest absolute Gasteiger partial charge is 0.332 e. The zero-order chi connectivity index (χ0) is 28.6. The molecule has 2 heterocycles. The molecule has 4 atom stereocenters. The lowest BCUT2D eigenvalue weighted by Gasteiger charge is -2.29. The highest BCUT2D eigenvalue weighted by molar-refractivity contribution is 5.98. The zero-order valence-electron chi connectivity index (χ0n) is 22.2. The Hall–Kier alpha value is -3.90. The SMILES string of the molecule is COc1ccnc(C(=O)N[C@H]2COC(=O)[C@H](CCOC(=O)C(C)C)[C@@H](OC(=O)C(C)C)[C@H](C)OC2=O)c1O. The van der Waals surface area contributed by atoms with Gasteiger partial charge in [0.15, 0.2) is 29.3 Å². The number of aromatic nitrogens is 1. The van der Waals surface area contributed by atoms with Crippen LogP contribution in [0.5, 0.6) is 11.5 Å². The fourth-order valence-corrected chi connectivity index (χ4v) is 3.41. The Kier molecular flexibility index (Phi) is 10.8. The average molecular weight is 539 g/mol. The molecule has 2 rings (SSSR count). The van der Waals surface area contributed by atoms with Crippen molar-refractivity contribution in [3.63, 3.8) is 0 Å². The van der Waals surface area contributed by atoms with Crippen molar-refractivity contribution >= 4 is 29.8 Å². The van der Waals surface area contributed by atoms with E-state index < -0.39 is 77.9 Å². The lowest BCUT2D eigenvalue weighted by molar-refractivity contribution is -0.178. The molecule has 1 aliphatic heterocycles. The van der Waals surface area contributed by atoms with Crippen LogP contribution in [0.3, 0.4) is 0 Å². The number of amides is 1. The molecule has 0 unspecified atom stereocenters. The fraction of sp³-hybridized carbons (Fsp3) is 0.600. The zero-order valence-corrected chi connectivity index (χ0v) is 22.2. The number of nitrogens with zero attached hydrogens (tertiary/aromatic N) is 1. The molecule has 13 heteroatoms.